The number of halogens is 2. The van der Waals surface area contributed by atoms with Crippen LogP contribution >= 0.6 is 23.2 Å². The normalized spacial score (nSPS) is 13.3. The van der Waals surface area contributed by atoms with E-state index < -0.39 is 110 Å². The van der Waals surface area contributed by atoms with Crippen LogP contribution in [0.5, 0.6) is 0 Å². The van der Waals surface area contributed by atoms with E-state index in [1.807, 2.05) is 0 Å². The van der Waals surface area contributed by atoms with Gasteiger partial charge in [0.15, 0.2) is 0 Å². The lowest BCUT2D eigenvalue weighted by molar-refractivity contribution is -0.167. The predicted octanol–water partition coefficient (Wildman–Crippen LogP) is 5.61. The highest BCUT2D eigenvalue weighted by molar-refractivity contribution is 6.18. The van der Waals surface area contributed by atoms with Gasteiger partial charge >= 0.3 is 54.5 Å². The SMILES string of the molecule is CC(=O)OCC(C)(COC(=O)OCCCOC(=O)OCC(C)(COC(=O)OCCCOC(=O)OCC(C)(COC(C)=O)C(=O)OCCCCl)C(=O)OCc1ccccc1)C(=O)OCCCCl. The zero-order valence-corrected chi connectivity index (χ0v) is 39.1. The van der Waals surface area contributed by atoms with Crippen LogP contribution in [0.4, 0.5) is 19.2 Å². The predicted molar refractivity (Wildman–Crippen MR) is 225 cm³/mol. The number of ether oxygens (including phenoxy) is 13. The molecule has 2 unspecified atom stereocenters. The summed E-state index contributed by atoms with van der Waals surface area (Å²) in [6.45, 7) is 1.58. The summed E-state index contributed by atoms with van der Waals surface area (Å²) in [5.74, 6) is -3.35. The molecule has 0 N–H and O–H groups in total. The molecule has 2 atom stereocenters. The van der Waals surface area contributed by atoms with Crippen LogP contribution in [0.15, 0.2) is 30.3 Å². The summed E-state index contributed by atoms with van der Waals surface area (Å²) >= 11 is 11.2. The zero-order valence-electron chi connectivity index (χ0n) is 37.6. The van der Waals surface area contributed by atoms with Crippen molar-refractivity contribution in [2.75, 3.05) is 91.0 Å². The van der Waals surface area contributed by atoms with Crippen LogP contribution in [-0.4, -0.2) is 146 Å². The topological polar surface area (TPSA) is 274 Å². The highest BCUT2D eigenvalue weighted by Gasteiger charge is 2.41. The van der Waals surface area contributed by atoms with Gasteiger partial charge in [-0.25, -0.2) is 19.2 Å². The molecule has 0 saturated heterocycles. The number of benzene rings is 1. The Morgan fingerprint density at radius 3 is 0.985 bits per heavy atom. The Morgan fingerprint density at radius 2 is 0.682 bits per heavy atom. The van der Waals surface area contributed by atoms with Gasteiger partial charge in [0, 0.05) is 38.4 Å². The van der Waals surface area contributed by atoms with Gasteiger partial charge in [0.2, 0.25) is 0 Å². The first-order valence-corrected chi connectivity index (χ1v) is 21.5. The van der Waals surface area contributed by atoms with Crippen molar-refractivity contribution in [1.29, 1.82) is 0 Å². The average Bonchev–Trinajstić information content (AvgIpc) is 3.29. The van der Waals surface area contributed by atoms with Gasteiger partial charge in [-0.3, -0.25) is 24.0 Å². The molecule has 0 heterocycles. The van der Waals surface area contributed by atoms with Crippen molar-refractivity contribution in [3.8, 4) is 0 Å². The number of esters is 5. The summed E-state index contributed by atoms with van der Waals surface area (Å²) in [5, 5.41) is 0. The molecule has 0 aliphatic carbocycles. The minimum absolute atomic E-state index is 0.00154. The van der Waals surface area contributed by atoms with Gasteiger partial charge in [-0.05, 0) is 39.2 Å². The van der Waals surface area contributed by atoms with Gasteiger partial charge in [-0.2, -0.15) is 0 Å². The van der Waals surface area contributed by atoms with E-state index in [4.69, 9.17) is 84.8 Å². The molecule has 24 heteroatoms. The fourth-order valence-electron chi connectivity index (χ4n) is 4.46. The van der Waals surface area contributed by atoms with Crippen LogP contribution in [0.25, 0.3) is 0 Å². The van der Waals surface area contributed by atoms with Crippen molar-refractivity contribution in [2.24, 2.45) is 16.2 Å². The molecule has 1 rings (SSSR count). The van der Waals surface area contributed by atoms with E-state index >= 15 is 0 Å². The van der Waals surface area contributed by atoms with Crippen LogP contribution in [-0.2, 0) is 92.2 Å². The average molecular weight is 986 g/mol. The van der Waals surface area contributed by atoms with E-state index in [-0.39, 0.29) is 70.8 Å². The first kappa shape index (κ1) is 58.2. The van der Waals surface area contributed by atoms with Gasteiger partial charge < -0.3 is 61.6 Å². The highest BCUT2D eigenvalue weighted by Crippen LogP contribution is 2.24. The number of rotatable bonds is 31. The Bertz CT molecular complexity index is 1620. The molecule has 0 amide bonds. The van der Waals surface area contributed by atoms with Crippen molar-refractivity contribution < 1.29 is 105 Å². The van der Waals surface area contributed by atoms with Crippen molar-refractivity contribution in [1.82, 2.24) is 0 Å². The fraction of sp³-hybridized carbons (Fsp3) is 0.643. The maximum Gasteiger partial charge on any atom is 0.508 e. The fourth-order valence-corrected chi connectivity index (χ4v) is 4.68. The zero-order chi connectivity index (χ0) is 49.4. The van der Waals surface area contributed by atoms with Crippen LogP contribution in [0.2, 0.25) is 0 Å². The number of carbonyl (C=O) groups is 9. The number of carbonyl (C=O) groups excluding carboxylic acids is 9. The Labute approximate surface area is 391 Å². The van der Waals surface area contributed by atoms with Crippen LogP contribution in [0.1, 0.15) is 65.9 Å². The minimum atomic E-state index is -1.77. The third kappa shape index (κ3) is 25.1. The largest absolute Gasteiger partial charge is 0.508 e. The van der Waals surface area contributed by atoms with Crippen molar-refractivity contribution in [2.45, 2.75) is 66.9 Å². The third-order valence-electron chi connectivity index (χ3n) is 8.39. The Kier molecular flexibility index (Phi) is 28.2. The van der Waals surface area contributed by atoms with Crippen molar-refractivity contribution >= 4 is 77.7 Å². The number of alkyl halides is 2. The summed E-state index contributed by atoms with van der Waals surface area (Å²) in [6, 6.07) is 8.62. The molecule has 66 heavy (non-hydrogen) atoms. The molecule has 1 aromatic rings. The van der Waals surface area contributed by atoms with Gasteiger partial charge in [0.1, 0.15) is 62.5 Å². The Hall–Kier alpha value is -5.77. The first-order chi connectivity index (χ1) is 31.3. The Morgan fingerprint density at radius 1 is 0.394 bits per heavy atom. The van der Waals surface area contributed by atoms with Crippen LogP contribution in [0, 0.1) is 16.2 Å². The standard InChI is InChI=1S/C42H58Cl2O22/c1-30(45)61-24-40(3,33(47)54-17-9-15-43)26-63-36(50)56-19-11-21-58-38(52)65-28-42(5,35(49)60-23-32-13-7-6-8-14-32)29-66-39(53)59-22-12-20-57-37(51)64-27-41(4,25-62-31(2)46)34(48)55-18-10-16-44/h6-8,13-14H,9-12,15-29H2,1-5H3. The van der Waals surface area contributed by atoms with Crippen LogP contribution < -0.4 is 0 Å². The van der Waals surface area contributed by atoms with Gasteiger partial charge in [0.25, 0.3) is 0 Å². The number of hydrogen-bond donors (Lipinski definition) is 0. The number of hydrogen-bond acceptors (Lipinski definition) is 22. The Balaban J connectivity index is 2.63. The van der Waals surface area contributed by atoms with E-state index in [9.17, 15) is 43.2 Å². The second-order valence-corrected chi connectivity index (χ2v) is 15.7. The van der Waals surface area contributed by atoms with E-state index in [0.717, 1.165) is 13.8 Å². The molecular weight excluding hydrogens is 927 g/mol. The van der Waals surface area contributed by atoms with Crippen LogP contribution in [0.3, 0.4) is 0 Å². The van der Waals surface area contributed by atoms with Gasteiger partial charge in [-0.15, -0.1) is 23.2 Å². The summed E-state index contributed by atoms with van der Waals surface area (Å²) < 4.78 is 65.6. The lowest BCUT2D eigenvalue weighted by atomic mass is 9.93. The first-order valence-electron chi connectivity index (χ1n) is 20.4. The third-order valence-corrected chi connectivity index (χ3v) is 8.93. The maximum absolute atomic E-state index is 13.2. The molecule has 0 aromatic heterocycles. The maximum atomic E-state index is 13.2. The monoisotopic (exact) mass is 984 g/mol. The minimum Gasteiger partial charge on any atom is -0.465 e. The van der Waals surface area contributed by atoms with Gasteiger partial charge in [-0.1, -0.05) is 30.3 Å². The molecule has 0 spiro atoms. The van der Waals surface area contributed by atoms with E-state index in [0.29, 0.717) is 18.4 Å². The summed E-state index contributed by atoms with van der Waals surface area (Å²) in [7, 11) is 0. The highest BCUT2D eigenvalue weighted by atomic mass is 35.5. The van der Waals surface area contributed by atoms with E-state index in [1.165, 1.54) is 20.8 Å². The lowest BCUT2D eigenvalue weighted by Gasteiger charge is -2.26. The second kappa shape index (κ2) is 32.0. The molecule has 0 aliphatic rings. The second-order valence-electron chi connectivity index (χ2n) is 14.9. The summed E-state index contributed by atoms with van der Waals surface area (Å²) in [5.41, 5.74) is -4.21. The molecule has 0 bridgehead atoms. The molecule has 22 nitrogen and oxygen atoms in total. The smallest absolute Gasteiger partial charge is 0.465 e. The molecule has 0 aliphatic heterocycles. The van der Waals surface area contributed by atoms with E-state index in [2.05, 4.69) is 0 Å². The summed E-state index contributed by atoms with van der Waals surface area (Å²) in [4.78, 5) is 110. The molecule has 0 fully saturated rings. The molecule has 0 saturated carbocycles. The van der Waals surface area contributed by atoms with Crippen molar-refractivity contribution in [3.63, 3.8) is 0 Å². The lowest BCUT2D eigenvalue weighted by Crippen LogP contribution is -2.40. The molecular formula is C42H58Cl2O22. The molecule has 0 radical (unpaired) electrons. The van der Waals surface area contributed by atoms with Gasteiger partial charge in [0.05, 0.1) is 39.6 Å². The van der Waals surface area contributed by atoms with Crippen molar-refractivity contribution in [3.05, 3.63) is 35.9 Å². The molecule has 1 aromatic carbocycles. The molecule has 372 valence electrons. The quantitative estimate of drug-likeness (QED) is 0.0378. The summed E-state index contributed by atoms with van der Waals surface area (Å²) in [6.07, 6.45) is -4.13. The van der Waals surface area contributed by atoms with E-state index in [1.54, 1.807) is 30.3 Å².